The summed E-state index contributed by atoms with van der Waals surface area (Å²) in [6.45, 7) is 3.11. The van der Waals surface area contributed by atoms with Gasteiger partial charge >= 0.3 is 6.03 Å². The van der Waals surface area contributed by atoms with Crippen molar-refractivity contribution in [1.82, 2.24) is 20.1 Å². The highest BCUT2D eigenvalue weighted by Crippen LogP contribution is 2.25. The highest BCUT2D eigenvalue weighted by molar-refractivity contribution is 6.31. The molecular weight excluding hydrogens is 400 g/mol. The predicted molar refractivity (Wildman–Crippen MR) is 113 cm³/mol. The maximum atomic E-state index is 12.6. The topological polar surface area (TPSA) is 110 Å². The van der Waals surface area contributed by atoms with Crippen LogP contribution in [0.4, 0.5) is 4.79 Å². The van der Waals surface area contributed by atoms with Gasteiger partial charge in [-0.05, 0) is 31.9 Å². The Balaban J connectivity index is 1.60. The summed E-state index contributed by atoms with van der Waals surface area (Å²) in [5.74, 6) is -1.52. The lowest BCUT2D eigenvalue weighted by molar-refractivity contribution is -0.130. The fourth-order valence-corrected chi connectivity index (χ4v) is 3.90. The molecule has 1 unspecified atom stereocenters. The number of ether oxygens (including phenoxy) is 1. The van der Waals surface area contributed by atoms with Crippen molar-refractivity contribution >= 4 is 40.7 Å². The predicted octanol–water partition coefficient (Wildman–Crippen LogP) is 1.42. The number of nitrogens with one attached hydrogen (secondary N) is 2. The van der Waals surface area contributed by atoms with Crippen LogP contribution in [-0.2, 0) is 25.7 Å². The Morgan fingerprint density at radius 3 is 2.84 bits per heavy atom. The summed E-state index contributed by atoms with van der Waals surface area (Å²) in [7, 11) is 0. The molecule has 9 heteroatoms. The highest BCUT2D eigenvalue weighted by Gasteiger charge is 2.34. The van der Waals surface area contributed by atoms with Crippen molar-refractivity contribution in [1.29, 1.82) is 0 Å². The van der Waals surface area contributed by atoms with Crippen LogP contribution in [0.5, 0.6) is 0 Å². The molecule has 1 aromatic carbocycles. The molecule has 2 aliphatic heterocycles. The van der Waals surface area contributed by atoms with E-state index in [9.17, 15) is 19.2 Å². The first-order valence-electron chi connectivity index (χ1n) is 10.3. The van der Waals surface area contributed by atoms with Crippen molar-refractivity contribution < 1.29 is 23.9 Å². The number of likely N-dealkylation sites (N-methyl/N-ethyl adjacent to an activating group) is 1. The number of nitrogens with zero attached hydrogens (tertiary/aromatic N) is 2. The van der Waals surface area contributed by atoms with Gasteiger partial charge in [0.05, 0.1) is 6.10 Å². The number of para-hydroxylation sites is 1. The number of carbonyl (C=O) groups excluding carboxylic acids is 4. The van der Waals surface area contributed by atoms with Gasteiger partial charge in [-0.2, -0.15) is 0 Å². The molecule has 0 radical (unpaired) electrons. The first kappa shape index (κ1) is 20.8. The van der Waals surface area contributed by atoms with Gasteiger partial charge in [0.1, 0.15) is 12.1 Å². The van der Waals surface area contributed by atoms with Gasteiger partial charge in [-0.15, -0.1) is 0 Å². The second kappa shape index (κ2) is 8.73. The second-order valence-electron chi connectivity index (χ2n) is 7.54. The molecule has 2 aromatic rings. The molecule has 3 heterocycles. The van der Waals surface area contributed by atoms with Crippen molar-refractivity contribution in [3.8, 4) is 0 Å². The number of benzene rings is 1. The number of rotatable bonds is 6. The molecule has 31 heavy (non-hydrogen) atoms. The molecule has 0 spiro atoms. The van der Waals surface area contributed by atoms with Crippen LogP contribution in [0.15, 0.2) is 36.0 Å². The number of hydrogen-bond donors (Lipinski definition) is 2. The Morgan fingerprint density at radius 2 is 2.10 bits per heavy atom. The van der Waals surface area contributed by atoms with Crippen LogP contribution in [0.3, 0.4) is 0 Å². The van der Waals surface area contributed by atoms with Gasteiger partial charge in [-0.1, -0.05) is 18.2 Å². The summed E-state index contributed by atoms with van der Waals surface area (Å²) >= 11 is 0. The van der Waals surface area contributed by atoms with Crippen LogP contribution in [0.25, 0.3) is 17.0 Å². The normalized spacial score (nSPS) is 20.5. The first-order chi connectivity index (χ1) is 15.0. The molecule has 1 atom stereocenters. The highest BCUT2D eigenvalue weighted by atomic mass is 16.5. The third-order valence-electron chi connectivity index (χ3n) is 5.49. The molecule has 2 saturated heterocycles. The summed E-state index contributed by atoms with van der Waals surface area (Å²) in [6, 6.07) is 6.71. The van der Waals surface area contributed by atoms with Crippen LogP contribution < -0.4 is 10.6 Å². The Hall–Kier alpha value is -3.46. The minimum absolute atomic E-state index is 0.0608. The van der Waals surface area contributed by atoms with Gasteiger partial charge in [0.15, 0.2) is 0 Å². The average Bonchev–Trinajstić information content (AvgIpc) is 3.38. The number of amides is 5. The van der Waals surface area contributed by atoms with E-state index in [1.165, 1.54) is 6.08 Å². The van der Waals surface area contributed by atoms with Gasteiger partial charge < -0.3 is 14.6 Å². The number of hydrogen-bond acceptors (Lipinski definition) is 5. The molecular formula is C22H24N4O5. The Kier molecular flexibility index (Phi) is 5.85. The largest absolute Gasteiger partial charge is 0.376 e. The fraction of sp³-hybridized carbons (Fsp3) is 0.364. The molecule has 9 nitrogen and oxygen atoms in total. The van der Waals surface area contributed by atoms with Crippen molar-refractivity contribution in [2.75, 3.05) is 19.7 Å². The van der Waals surface area contributed by atoms with Crippen molar-refractivity contribution in [2.45, 2.75) is 32.4 Å². The summed E-state index contributed by atoms with van der Waals surface area (Å²) in [6.07, 6.45) is 5.21. The van der Waals surface area contributed by atoms with Crippen LogP contribution in [-0.4, -0.2) is 59.0 Å². The van der Waals surface area contributed by atoms with Crippen LogP contribution in [0, 0.1) is 0 Å². The minimum atomic E-state index is -0.731. The number of carbonyl (C=O) groups is 4. The first-order valence-corrected chi connectivity index (χ1v) is 10.3. The number of barbiturate groups is 1. The molecule has 0 saturated carbocycles. The lowest BCUT2D eigenvalue weighted by atomic mass is 10.1. The zero-order chi connectivity index (χ0) is 22.0. The monoisotopic (exact) mass is 424 g/mol. The summed E-state index contributed by atoms with van der Waals surface area (Å²) in [4.78, 5) is 50.2. The third kappa shape index (κ3) is 4.22. The van der Waals surface area contributed by atoms with E-state index in [2.05, 4.69) is 10.6 Å². The summed E-state index contributed by atoms with van der Waals surface area (Å²) in [5, 5.41) is 5.88. The molecule has 2 fully saturated rings. The average molecular weight is 424 g/mol. The zero-order valence-electron chi connectivity index (χ0n) is 17.2. The van der Waals surface area contributed by atoms with E-state index in [0.717, 1.165) is 35.3 Å². The van der Waals surface area contributed by atoms with Crippen molar-refractivity contribution in [3.05, 3.63) is 41.6 Å². The molecule has 0 aliphatic carbocycles. The number of fused-ring (bicyclic) bond motifs is 1. The van der Waals surface area contributed by atoms with E-state index in [0.29, 0.717) is 12.1 Å². The second-order valence-corrected chi connectivity index (χ2v) is 7.54. The summed E-state index contributed by atoms with van der Waals surface area (Å²) < 4.78 is 7.31. The molecule has 0 bridgehead atoms. The minimum Gasteiger partial charge on any atom is -0.376 e. The van der Waals surface area contributed by atoms with Crippen molar-refractivity contribution in [2.24, 2.45) is 0 Å². The fourth-order valence-electron chi connectivity index (χ4n) is 3.90. The molecule has 4 rings (SSSR count). The van der Waals surface area contributed by atoms with E-state index in [4.69, 9.17) is 4.74 Å². The molecule has 162 valence electrons. The third-order valence-corrected chi connectivity index (χ3v) is 5.49. The van der Waals surface area contributed by atoms with E-state index >= 15 is 0 Å². The smallest absolute Gasteiger partial charge is 0.331 e. The zero-order valence-corrected chi connectivity index (χ0v) is 17.2. The SMILES string of the molecule is CCN1C(=O)NC(=O)C(=Cc2cn(CC(=O)NCC3CCCO3)c3ccccc23)C1=O. The Morgan fingerprint density at radius 1 is 1.29 bits per heavy atom. The van der Waals surface area contributed by atoms with Gasteiger partial charge in [0.25, 0.3) is 11.8 Å². The maximum Gasteiger partial charge on any atom is 0.331 e. The molecule has 5 amide bonds. The molecule has 1 aromatic heterocycles. The molecule has 2 N–H and O–H groups in total. The van der Waals surface area contributed by atoms with E-state index < -0.39 is 17.8 Å². The Bertz CT molecular complexity index is 1080. The van der Waals surface area contributed by atoms with E-state index in [1.54, 1.807) is 17.7 Å². The van der Waals surface area contributed by atoms with Crippen LogP contribution >= 0.6 is 0 Å². The number of aromatic nitrogens is 1. The standard InChI is InChI=1S/C22H24N4O5/c1-2-26-21(29)17(20(28)24-22(26)30)10-14-12-25(18-8-4-3-7-16(14)18)13-19(27)23-11-15-6-5-9-31-15/h3-4,7-8,10,12,15H,2,5-6,9,11,13H2,1H3,(H,23,27)(H,24,28,30). The quantitative estimate of drug-likeness (QED) is 0.538. The van der Waals surface area contributed by atoms with E-state index in [1.807, 2.05) is 24.3 Å². The summed E-state index contributed by atoms with van der Waals surface area (Å²) in [5.41, 5.74) is 1.30. The maximum absolute atomic E-state index is 12.6. The Labute approximate surface area is 179 Å². The van der Waals surface area contributed by atoms with Gasteiger partial charge in [0.2, 0.25) is 5.91 Å². The lowest BCUT2D eigenvalue weighted by Gasteiger charge is -2.24. The van der Waals surface area contributed by atoms with Gasteiger partial charge in [0, 0.05) is 42.4 Å². The van der Waals surface area contributed by atoms with Crippen molar-refractivity contribution in [3.63, 3.8) is 0 Å². The lowest BCUT2D eigenvalue weighted by Crippen LogP contribution is -2.53. The van der Waals surface area contributed by atoms with Gasteiger partial charge in [-0.25, -0.2) is 4.79 Å². The molecule has 2 aliphatic rings. The number of urea groups is 1. The van der Waals surface area contributed by atoms with Gasteiger partial charge in [-0.3, -0.25) is 24.6 Å². The van der Waals surface area contributed by atoms with E-state index in [-0.39, 0.29) is 30.7 Å². The number of imide groups is 2. The van der Waals surface area contributed by atoms with Crippen LogP contribution in [0.2, 0.25) is 0 Å². The van der Waals surface area contributed by atoms with Crippen LogP contribution in [0.1, 0.15) is 25.3 Å².